The summed E-state index contributed by atoms with van der Waals surface area (Å²) >= 11 is 5.85. The molecule has 2 rings (SSSR count). The van der Waals surface area contributed by atoms with Gasteiger partial charge in [-0.15, -0.1) is 0 Å². The molecular weight excluding hydrogens is 265 g/mol. The van der Waals surface area contributed by atoms with E-state index in [-0.39, 0.29) is 12.2 Å². The molecule has 0 heterocycles. The third-order valence-electron chi connectivity index (χ3n) is 2.62. The predicted molar refractivity (Wildman–Crippen MR) is 71.6 cm³/mol. The fraction of sp³-hybridized carbons (Fsp3) is 0.133. The monoisotopic (exact) mass is 275 g/mol. The van der Waals surface area contributed by atoms with Crippen LogP contribution in [0.15, 0.2) is 36.4 Å². The number of nitriles is 1. The topological polar surface area (TPSA) is 33.0 Å². The zero-order valence-electron chi connectivity index (χ0n) is 10.3. The maximum atomic E-state index is 13.2. The van der Waals surface area contributed by atoms with E-state index in [0.717, 1.165) is 5.56 Å². The maximum absolute atomic E-state index is 13.2. The average Bonchev–Trinajstić information content (AvgIpc) is 2.37. The van der Waals surface area contributed by atoms with E-state index in [9.17, 15) is 4.39 Å². The normalized spacial score (nSPS) is 10.0. The van der Waals surface area contributed by atoms with Crippen molar-refractivity contribution in [3.05, 3.63) is 63.9 Å². The summed E-state index contributed by atoms with van der Waals surface area (Å²) in [6, 6.07) is 11.4. The first-order valence-electron chi connectivity index (χ1n) is 5.67. The van der Waals surface area contributed by atoms with Crippen LogP contribution >= 0.6 is 11.6 Å². The number of ether oxygens (including phenoxy) is 1. The van der Waals surface area contributed by atoms with E-state index in [1.165, 1.54) is 12.1 Å². The van der Waals surface area contributed by atoms with Gasteiger partial charge >= 0.3 is 0 Å². The van der Waals surface area contributed by atoms with Gasteiger partial charge in [0.05, 0.1) is 11.6 Å². The zero-order chi connectivity index (χ0) is 13.8. The Kier molecular flexibility index (Phi) is 4.03. The number of hydrogen-bond donors (Lipinski definition) is 0. The SMILES string of the molecule is Cc1cc(Cl)ccc1OCc1cc(F)cc(C#N)c1. The fourth-order valence-corrected chi connectivity index (χ4v) is 1.96. The Morgan fingerprint density at radius 3 is 2.74 bits per heavy atom. The van der Waals surface area contributed by atoms with Crippen LogP contribution in [0.1, 0.15) is 16.7 Å². The van der Waals surface area contributed by atoms with Gasteiger partial charge in [-0.1, -0.05) is 11.6 Å². The molecule has 0 amide bonds. The lowest BCUT2D eigenvalue weighted by molar-refractivity contribution is 0.303. The number of hydrogen-bond acceptors (Lipinski definition) is 2. The van der Waals surface area contributed by atoms with Gasteiger partial charge in [-0.05, 0) is 54.4 Å². The summed E-state index contributed by atoms with van der Waals surface area (Å²) in [5.41, 5.74) is 1.81. The molecule has 0 N–H and O–H groups in total. The Morgan fingerprint density at radius 2 is 2.05 bits per heavy atom. The molecule has 0 spiro atoms. The number of rotatable bonds is 3. The van der Waals surface area contributed by atoms with Gasteiger partial charge in [-0.2, -0.15) is 5.26 Å². The first-order chi connectivity index (χ1) is 9.08. The molecule has 0 saturated heterocycles. The summed E-state index contributed by atoms with van der Waals surface area (Å²) in [6.45, 7) is 2.09. The van der Waals surface area contributed by atoms with Crippen LogP contribution in [0.4, 0.5) is 4.39 Å². The number of benzene rings is 2. The van der Waals surface area contributed by atoms with Gasteiger partial charge < -0.3 is 4.74 Å². The summed E-state index contributed by atoms with van der Waals surface area (Å²) in [5.74, 6) is 0.248. The van der Waals surface area contributed by atoms with Crippen molar-refractivity contribution < 1.29 is 9.13 Å². The molecule has 0 aromatic heterocycles. The Morgan fingerprint density at radius 1 is 1.26 bits per heavy atom. The maximum Gasteiger partial charge on any atom is 0.124 e. The van der Waals surface area contributed by atoms with Gasteiger partial charge in [0.15, 0.2) is 0 Å². The van der Waals surface area contributed by atoms with Crippen molar-refractivity contribution in [1.29, 1.82) is 5.26 Å². The van der Waals surface area contributed by atoms with Crippen LogP contribution in [-0.2, 0) is 6.61 Å². The smallest absolute Gasteiger partial charge is 0.124 e. The van der Waals surface area contributed by atoms with Gasteiger partial charge in [0.2, 0.25) is 0 Å². The molecule has 19 heavy (non-hydrogen) atoms. The highest BCUT2D eigenvalue weighted by atomic mass is 35.5. The van der Waals surface area contributed by atoms with Gasteiger partial charge in [0.25, 0.3) is 0 Å². The lowest BCUT2D eigenvalue weighted by Crippen LogP contribution is -1.98. The Balaban J connectivity index is 2.14. The summed E-state index contributed by atoms with van der Waals surface area (Å²) < 4.78 is 18.8. The molecule has 0 aliphatic carbocycles. The molecule has 96 valence electrons. The number of halogens is 2. The van der Waals surface area contributed by atoms with Gasteiger partial charge in [-0.3, -0.25) is 0 Å². The van der Waals surface area contributed by atoms with Crippen LogP contribution in [0.2, 0.25) is 5.02 Å². The standard InChI is InChI=1S/C15H11ClFNO/c1-10-4-13(16)2-3-15(10)19-9-12-5-11(8-18)6-14(17)7-12/h2-7H,9H2,1H3. The molecule has 0 aliphatic rings. The van der Waals surface area contributed by atoms with E-state index in [0.29, 0.717) is 16.3 Å². The minimum atomic E-state index is -0.439. The number of nitrogens with zero attached hydrogens (tertiary/aromatic N) is 1. The quantitative estimate of drug-likeness (QED) is 0.839. The third kappa shape index (κ3) is 3.46. The predicted octanol–water partition coefficient (Wildman–Crippen LogP) is 4.24. The second kappa shape index (κ2) is 5.73. The molecule has 0 aliphatic heterocycles. The van der Waals surface area contributed by atoms with E-state index in [2.05, 4.69) is 0 Å². The van der Waals surface area contributed by atoms with Crippen molar-refractivity contribution in [3.8, 4) is 11.8 Å². The Bertz CT molecular complexity index is 649. The number of aryl methyl sites for hydroxylation is 1. The van der Waals surface area contributed by atoms with Crippen molar-refractivity contribution in [2.75, 3.05) is 0 Å². The molecule has 2 aromatic carbocycles. The lowest BCUT2D eigenvalue weighted by atomic mass is 10.1. The molecule has 0 radical (unpaired) electrons. The van der Waals surface area contributed by atoms with Crippen LogP contribution in [0, 0.1) is 24.1 Å². The second-order valence-electron chi connectivity index (χ2n) is 4.16. The summed E-state index contributed by atoms with van der Waals surface area (Å²) in [7, 11) is 0. The molecule has 0 fully saturated rings. The molecular formula is C15H11ClFNO. The van der Waals surface area contributed by atoms with Crippen LogP contribution in [-0.4, -0.2) is 0 Å². The fourth-order valence-electron chi connectivity index (χ4n) is 1.73. The molecule has 2 aromatic rings. The van der Waals surface area contributed by atoms with Crippen molar-refractivity contribution in [2.24, 2.45) is 0 Å². The van der Waals surface area contributed by atoms with E-state index in [1.807, 2.05) is 13.0 Å². The molecule has 0 bridgehead atoms. The lowest BCUT2D eigenvalue weighted by Gasteiger charge is -2.09. The Labute approximate surface area is 116 Å². The van der Waals surface area contributed by atoms with E-state index >= 15 is 0 Å². The first-order valence-corrected chi connectivity index (χ1v) is 6.05. The largest absolute Gasteiger partial charge is 0.489 e. The first kappa shape index (κ1) is 13.4. The van der Waals surface area contributed by atoms with Gasteiger partial charge in [0.1, 0.15) is 18.2 Å². The molecule has 0 saturated carbocycles. The van der Waals surface area contributed by atoms with Gasteiger partial charge in [-0.25, -0.2) is 4.39 Å². The highest BCUT2D eigenvalue weighted by Crippen LogP contribution is 2.23. The second-order valence-corrected chi connectivity index (χ2v) is 4.59. The zero-order valence-corrected chi connectivity index (χ0v) is 11.0. The summed E-state index contributed by atoms with van der Waals surface area (Å²) in [6.07, 6.45) is 0. The van der Waals surface area contributed by atoms with Crippen LogP contribution in [0.3, 0.4) is 0 Å². The summed E-state index contributed by atoms with van der Waals surface area (Å²) in [4.78, 5) is 0. The molecule has 2 nitrogen and oxygen atoms in total. The van der Waals surface area contributed by atoms with E-state index in [4.69, 9.17) is 21.6 Å². The average molecular weight is 276 g/mol. The van der Waals surface area contributed by atoms with E-state index in [1.54, 1.807) is 24.3 Å². The molecule has 4 heteroatoms. The third-order valence-corrected chi connectivity index (χ3v) is 2.85. The van der Waals surface area contributed by atoms with Crippen LogP contribution in [0.5, 0.6) is 5.75 Å². The van der Waals surface area contributed by atoms with Gasteiger partial charge in [0, 0.05) is 5.02 Å². The van der Waals surface area contributed by atoms with Crippen molar-refractivity contribution in [1.82, 2.24) is 0 Å². The van der Waals surface area contributed by atoms with Crippen molar-refractivity contribution >= 4 is 11.6 Å². The highest BCUT2D eigenvalue weighted by molar-refractivity contribution is 6.30. The van der Waals surface area contributed by atoms with Crippen LogP contribution < -0.4 is 4.74 Å². The minimum Gasteiger partial charge on any atom is -0.489 e. The minimum absolute atomic E-state index is 0.203. The molecule has 0 unspecified atom stereocenters. The van der Waals surface area contributed by atoms with E-state index < -0.39 is 5.82 Å². The Hall–Kier alpha value is -2.05. The summed E-state index contributed by atoms with van der Waals surface area (Å²) in [5, 5.41) is 9.42. The highest BCUT2D eigenvalue weighted by Gasteiger charge is 2.04. The van der Waals surface area contributed by atoms with Crippen molar-refractivity contribution in [3.63, 3.8) is 0 Å². The molecule has 0 atom stereocenters. The van der Waals surface area contributed by atoms with Crippen molar-refractivity contribution in [2.45, 2.75) is 13.5 Å². The van der Waals surface area contributed by atoms with Crippen LogP contribution in [0.25, 0.3) is 0 Å².